The summed E-state index contributed by atoms with van der Waals surface area (Å²) in [4.78, 5) is 10.3. The summed E-state index contributed by atoms with van der Waals surface area (Å²) in [6, 6.07) is 7.21. The summed E-state index contributed by atoms with van der Waals surface area (Å²) in [6.45, 7) is 0. The molecule has 2 aromatic heterocycles. The number of rotatable bonds is 3. The first-order valence-corrected chi connectivity index (χ1v) is 6.41. The van der Waals surface area contributed by atoms with Crippen molar-refractivity contribution in [2.45, 2.75) is 0 Å². The molecule has 0 saturated heterocycles. The van der Waals surface area contributed by atoms with Gasteiger partial charge in [-0.15, -0.1) is 4.91 Å². The van der Waals surface area contributed by atoms with Gasteiger partial charge in [-0.3, -0.25) is 0 Å². The third-order valence-electron chi connectivity index (χ3n) is 2.71. The predicted molar refractivity (Wildman–Crippen MR) is 74.8 cm³/mol. The lowest BCUT2D eigenvalue weighted by Gasteiger charge is -2.08. The molecule has 100 valence electrons. The Hall–Kier alpha value is -2.28. The Labute approximate surface area is 121 Å². The Morgan fingerprint density at radius 3 is 2.85 bits per heavy atom. The highest BCUT2D eigenvalue weighted by Crippen LogP contribution is 2.33. The molecule has 0 radical (unpaired) electrons. The maximum atomic E-state index is 13.8. The van der Waals surface area contributed by atoms with Gasteiger partial charge < -0.3 is 4.74 Å². The van der Waals surface area contributed by atoms with Crippen molar-refractivity contribution < 1.29 is 9.13 Å². The smallest absolute Gasteiger partial charge is 0.167 e. The fraction of sp³-hybridized carbons (Fsp3) is 0. The number of halogens is 2. The van der Waals surface area contributed by atoms with Gasteiger partial charge in [0.1, 0.15) is 11.2 Å². The summed E-state index contributed by atoms with van der Waals surface area (Å²) in [5, 5.41) is 6.78. The van der Waals surface area contributed by atoms with Crippen LogP contribution in [0.4, 0.5) is 10.1 Å². The van der Waals surface area contributed by atoms with E-state index >= 15 is 0 Å². The SMILES string of the molecule is O=Nc1ccc(Oc2ccnn3ccc(Br)c23)c(F)c1. The summed E-state index contributed by atoms with van der Waals surface area (Å²) in [5.41, 5.74) is 0.697. The number of ether oxygens (including phenoxy) is 1. The van der Waals surface area contributed by atoms with Crippen molar-refractivity contribution in [2.24, 2.45) is 5.18 Å². The molecule has 20 heavy (non-hydrogen) atoms. The highest BCUT2D eigenvalue weighted by atomic mass is 79.9. The fourth-order valence-electron chi connectivity index (χ4n) is 1.81. The molecule has 0 aliphatic heterocycles. The van der Waals surface area contributed by atoms with E-state index < -0.39 is 5.82 Å². The summed E-state index contributed by atoms with van der Waals surface area (Å²) in [6.07, 6.45) is 3.30. The van der Waals surface area contributed by atoms with Crippen LogP contribution in [0.5, 0.6) is 11.5 Å². The highest BCUT2D eigenvalue weighted by Gasteiger charge is 2.11. The number of hydrogen-bond donors (Lipinski definition) is 0. The predicted octanol–water partition coefficient (Wildman–Crippen LogP) is 4.43. The van der Waals surface area contributed by atoms with Crippen LogP contribution in [0.3, 0.4) is 0 Å². The second kappa shape index (κ2) is 5.01. The largest absolute Gasteiger partial charge is 0.452 e. The molecule has 0 aliphatic carbocycles. The first kappa shape index (κ1) is 12.7. The van der Waals surface area contributed by atoms with E-state index in [9.17, 15) is 9.30 Å². The molecule has 5 nitrogen and oxygen atoms in total. The normalized spacial score (nSPS) is 10.7. The number of aromatic nitrogens is 2. The van der Waals surface area contributed by atoms with Crippen molar-refractivity contribution in [1.82, 2.24) is 9.61 Å². The molecule has 0 saturated carbocycles. The van der Waals surface area contributed by atoms with E-state index in [1.54, 1.807) is 23.0 Å². The van der Waals surface area contributed by atoms with Gasteiger partial charge in [0.15, 0.2) is 17.3 Å². The first-order valence-electron chi connectivity index (χ1n) is 5.61. The van der Waals surface area contributed by atoms with Crippen molar-refractivity contribution in [3.63, 3.8) is 0 Å². The van der Waals surface area contributed by atoms with Gasteiger partial charge in [-0.2, -0.15) is 5.10 Å². The molecule has 1 aromatic carbocycles. The number of fused-ring (bicyclic) bond motifs is 1. The lowest BCUT2D eigenvalue weighted by molar-refractivity contribution is 0.443. The van der Waals surface area contributed by atoms with Crippen LogP contribution in [0.2, 0.25) is 0 Å². The lowest BCUT2D eigenvalue weighted by Crippen LogP contribution is -1.94. The zero-order valence-corrected chi connectivity index (χ0v) is 11.5. The Kier molecular flexibility index (Phi) is 3.19. The molecule has 0 bridgehead atoms. The average molecular weight is 336 g/mol. The van der Waals surface area contributed by atoms with Crippen LogP contribution in [0.15, 0.2) is 52.4 Å². The molecular weight excluding hydrogens is 329 g/mol. The second-order valence-corrected chi connectivity index (χ2v) is 4.81. The van der Waals surface area contributed by atoms with Crippen molar-refractivity contribution in [3.8, 4) is 11.5 Å². The Balaban J connectivity index is 2.05. The van der Waals surface area contributed by atoms with Gasteiger partial charge in [0.05, 0.1) is 6.20 Å². The van der Waals surface area contributed by atoms with Crippen LogP contribution >= 0.6 is 15.9 Å². The average Bonchev–Trinajstić information content (AvgIpc) is 2.84. The molecule has 0 spiro atoms. The van der Waals surface area contributed by atoms with Gasteiger partial charge in [0.2, 0.25) is 0 Å². The van der Waals surface area contributed by atoms with Gasteiger partial charge in [-0.05, 0) is 39.3 Å². The molecule has 0 amide bonds. The Bertz CT molecular complexity index is 803. The second-order valence-electron chi connectivity index (χ2n) is 3.96. The van der Waals surface area contributed by atoms with Crippen molar-refractivity contribution in [2.75, 3.05) is 0 Å². The molecular formula is C13H7BrFN3O2. The maximum Gasteiger partial charge on any atom is 0.167 e. The molecule has 0 atom stereocenters. The van der Waals surface area contributed by atoms with Crippen LogP contribution in [0.25, 0.3) is 5.52 Å². The van der Waals surface area contributed by atoms with Gasteiger partial charge in [-0.25, -0.2) is 8.91 Å². The van der Waals surface area contributed by atoms with E-state index in [1.807, 2.05) is 6.07 Å². The Morgan fingerprint density at radius 1 is 1.25 bits per heavy atom. The summed E-state index contributed by atoms with van der Waals surface area (Å²) >= 11 is 3.38. The van der Waals surface area contributed by atoms with Crippen LogP contribution in [-0.2, 0) is 0 Å². The number of nitroso groups, excluding NO2 is 1. The summed E-state index contributed by atoms with van der Waals surface area (Å²) in [7, 11) is 0. The molecule has 7 heteroatoms. The van der Waals surface area contributed by atoms with Crippen LogP contribution in [-0.4, -0.2) is 9.61 Å². The van der Waals surface area contributed by atoms with E-state index in [-0.39, 0.29) is 11.4 Å². The highest BCUT2D eigenvalue weighted by molar-refractivity contribution is 9.10. The summed E-state index contributed by atoms with van der Waals surface area (Å²) in [5.74, 6) is -0.194. The molecule has 3 aromatic rings. The molecule has 0 fully saturated rings. The molecule has 0 aliphatic rings. The van der Waals surface area contributed by atoms with Crippen molar-refractivity contribution >= 4 is 27.1 Å². The van der Waals surface area contributed by atoms with Crippen molar-refractivity contribution in [3.05, 3.63) is 57.9 Å². The fourth-order valence-corrected chi connectivity index (χ4v) is 2.30. The van der Waals surface area contributed by atoms with Crippen LogP contribution in [0.1, 0.15) is 0 Å². The molecule has 3 rings (SSSR count). The van der Waals surface area contributed by atoms with E-state index in [1.165, 1.54) is 12.1 Å². The van der Waals surface area contributed by atoms with E-state index in [4.69, 9.17) is 4.74 Å². The topological polar surface area (TPSA) is 56.0 Å². The number of hydrogen-bond acceptors (Lipinski definition) is 4. The van der Waals surface area contributed by atoms with Gasteiger partial charge in [-0.1, -0.05) is 0 Å². The zero-order chi connectivity index (χ0) is 14.1. The van der Waals surface area contributed by atoms with Gasteiger partial charge in [0.25, 0.3) is 0 Å². The number of nitrogens with zero attached hydrogens (tertiary/aromatic N) is 3. The van der Waals surface area contributed by atoms with Gasteiger partial charge >= 0.3 is 0 Å². The van der Waals surface area contributed by atoms with Crippen molar-refractivity contribution in [1.29, 1.82) is 0 Å². The maximum absolute atomic E-state index is 13.8. The van der Waals surface area contributed by atoms with E-state index in [0.29, 0.717) is 11.3 Å². The van der Waals surface area contributed by atoms with E-state index in [2.05, 4.69) is 26.2 Å². The number of benzene rings is 1. The van der Waals surface area contributed by atoms with Crippen LogP contribution < -0.4 is 4.74 Å². The quantitative estimate of drug-likeness (QED) is 0.665. The summed E-state index contributed by atoms with van der Waals surface area (Å²) < 4.78 is 21.7. The minimum absolute atomic E-state index is 0.0126. The minimum Gasteiger partial charge on any atom is -0.452 e. The third kappa shape index (κ3) is 2.16. The third-order valence-corrected chi connectivity index (χ3v) is 3.35. The standard InChI is InChI=1S/C13H7BrFN3O2/c14-9-4-6-18-13(9)12(3-5-16-18)20-11-2-1-8(17-19)7-10(11)15/h1-7H. The Morgan fingerprint density at radius 2 is 2.10 bits per heavy atom. The molecule has 0 N–H and O–H groups in total. The van der Waals surface area contributed by atoms with Gasteiger partial charge in [0, 0.05) is 22.8 Å². The minimum atomic E-state index is -0.653. The zero-order valence-electron chi connectivity index (χ0n) is 9.96. The first-order chi connectivity index (χ1) is 9.69. The lowest BCUT2D eigenvalue weighted by atomic mass is 10.3. The van der Waals surface area contributed by atoms with Crippen LogP contribution in [0, 0.1) is 10.7 Å². The monoisotopic (exact) mass is 335 g/mol. The molecule has 0 unspecified atom stereocenters. The van der Waals surface area contributed by atoms with E-state index in [0.717, 1.165) is 10.5 Å². The molecule has 2 heterocycles.